The Bertz CT molecular complexity index is 1990. The number of para-hydroxylation sites is 4. The Morgan fingerprint density at radius 3 is 1.83 bits per heavy atom. The fraction of sp³-hybridized carbons (Fsp3) is 0.385. The van der Waals surface area contributed by atoms with Crippen molar-refractivity contribution in [3.05, 3.63) is 95.0 Å². The number of H-pyrrole nitrogens is 1. The van der Waals surface area contributed by atoms with Gasteiger partial charge in [-0.15, -0.1) is 0 Å². The number of carbonyl (C=O) groups is 4. The Balaban J connectivity index is 0.000000187. The number of carbonyl (C=O) groups excluding carboxylic acids is 4. The number of rotatable bonds is 8. The second kappa shape index (κ2) is 16.9. The van der Waals surface area contributed by atoms with Crippen LogP contribution in [0.3, 0.4) is 0 Å². The first-order valence-electron chi connectivity index (χ1n) is 17.8. The fourth-order valence-electron chi connectivity index (χ4n) is 6.67. The monoisotopic (exact) mass is 726 g/mol. The van der Waals surface area contributed by atoms with Crippen LogP contribution in [0.5, 0.6) is 0 Å². The summed E-state index contributed by atoms with van der Waals surface area (Å²) in [5.41, 5.74) is 4.38. The van der Waals surface area contributed by atoms with E-state index >= 15 is 0 Å². The smallest absolute Gasteiger partial charge is 0.309 e. The van der Waals surface area contributed by atoms with Crippen molar-refractivity contribution in [1.29, 1.82) is 0 Å². The number of halogens is 1. The maximum Gasteiger partial charge on any atom is 0.309 e. The van der Waals surface area contributed by atoms with E-state index in [0.717, 1.165) is 27.6 Å². The van der Waals surface area contributed by atoms with E-state index in [-0.39, 0.29) is 35.6 Å². The largest absolute Gasteiger partial charge is 0.466 e. The number of benzene rings is 3. The van der Waals surface area contributed by atoms with Gasteiger partial charge in [-0.2, -0.15) is 0 Å². The van der Waals surface area contributed by atoms with E-state index in [9.17, 15) is 19.2 Å². The number of esters is 2. The van der Waals surface area contributed by atoms with E-state index in [1.165, 1.54) is 0 Å². The molecule has 0 radical (unpaired) electrons. The molecule has 2 aliphatic heterocycles. The Morgan fingerprint density at radius 1 is 0.712 bits per heavy atom. The fourth-order valence-corrected chi connectivity index (χ4v) is 6.80. The van der Waals surface area contributed by atoms with Gasteiger partial charge in [-0.3, -0.25) is 19.2 Å². The minimum Gasteiger partial charge on any atom is -0.466 e. The van der Waals surface area contributed by atoms with E-state index in [1.807, 2.05) is 84.3 Å². The van der Waals surface area contributed by atoms with Gasteiger partial charge in [-0.05, 0) is 81.5 Å². The van der Waals surface area contributed by atoms with Crippen molar-refractivity contribution < 1.29 is 28.7 Å². The third-order valence-corrected chi connectivity index (χ3v) is 9.75. The van der Waals surface area contributed by atoms with Gasteiger partial charge in [0.25, 0.3) is 11.8 Å². The van der Waals surface area contributed by atoms with Gasteiger partial charge in [0, 0.05) is 37.7 Å². The molecule has 0 unspecified atom stereocenters. The molecule has 52 heavy (non-hydrogen) atoms. The lowest BCUT2D eigenvalue weighted by atomic mass is 9.97. The Morgan fingerprint density at radius 2 is 1.25 bits per heavy atom. The quantitative estimate of drug-likeness (QED) is 0.189. The number of imidazole rings is 2. The first kappa shape index (κ1) is 36.6. The van der Waals surface area contributed by atoms with Crippen LogP contribution in [0.15, 0.2) is 72.8 Å². The molecular formula is C39H43ClN6O6. The summed E-state index contributed by atoms with van der Waals surface area (Å²) in [4.78, 5) is 65.1. The lowest BCUT2D eigenvalue weighted by Crippen LogP contribution is -2.41. The first-order chi connectivity index (χ1) is 25.2. The molecule has 5 aromatic rings. The molecule has 2 fully saturated rings. The highest BCUT2D eigenvalue weighted by atomic mass is 35.5. The number of piperidine rings is 2. The molecule has 2 saturated heterocycles. The van der Waals surface area contributed by atoms with E-state index < -0.39 is 0 Å². The highest BCUT2D eigenvalue weighted by Crippen LogP contribution is 2.24. The second-order valence-electron chi connectivity index (χ2n) is 12.9. The van der Waals surface area contributed by atoms with Gasteiger partial charge >= 0.3 is 11.9 Å². The summed E-state index contributed by atoms with van der Waals surface area (Å²) < 4.78 is 12.1. The number of nitrogens with zero attached hydrogens (tertiary/aromatic N) is 5. The number of likely N-dealkylation sites (tertiary alicyclic amines) is 2. The third kappa shape index (κ3) is 8.45. The highest BCUT2D eigenvalue weighted by Gasteiger charge is 2.32. The lowest BCUT2D eigenvalue weighted by Gasteiger charge is -2.30. The van der Waals surface area contributed by atoms with Crippen molar-refractivity contribution in [1.82, 2.24) is 29.3 Å². The number of aromatic nitrogens is 4. The zero-order valence-corrected chi connectivity index (χ0v) is 30.2. The topological polar surface area (TPSA) is 140 Å². The number of fused-ring (bicyclic) bond motifs is 2. The van der Waals surface area contributed by atoms with Crippen LogP contribution in [0.25, 0.3) is 22.1 Å². The summed E-state index contributed by atoms with van der Waals surface area (Å²) in [7, 11) is 0. The molecule has 3 aromatic carbocycles. The minimum absolute atomic E-state index is 0.0975. The molecule has 0 aliphatic carbocycles. The van der Waals surface area contributed by atoms with Crippen LogP contribution in [-0.2, 0) is 25.6 Å². The van der Waals surface area contributed by atoms with Crippen molar-refractivity contribution >= 4 is 57.4 Å². The number of amides is 2. The van der Waals surface area contributed by atoms with Crippen LogP contribution in [0, 0.1) is 11.8 Å². The van der Waals surface area contributed by atoms with Gasteiger partial charge in [0.05, 0.1) is 47.1 Å². The molecule has 1 N–H and O–H groups in total. The average Bonchev–Trinajstić information content (AvgIpc) is 3.78. The number of ether oxygens (including phenoxy) is 2. The first-order valence-corrected chi connectivity index (χ1v) is 18.2. The molecule has 2 aliphatic rings. The van der Waals surface area contributed by atoms with Gasteiger partial charge in [-0.1, -0.05) is 48.0 Å². The summed E-state index contributed by atoms with van der Waals surface area (Å²) in [6, 6.07) is 22.9. The van der Waals surface area contributed by atoms with Crippen LogP contribution < -0.4 is 0 Å². The summed E-state index contributed by atoms with van der Waals surface area (Å²) in [6.07, 6.45) is 2.51. The van der Waals surface area contributed by atoms with Crippen molar-refractivity contribution in [2.75, 3.05) is 39.4 Å². The van der Waals surface area contributed by atoms with Crippen molar-refractivity contribution in [2.24, 2.45) is 11.8 Å². The molecule has 7 rings (SSSR count). The van der Waals surface area contributed by atoms with Gasteiger partial charge in [-0.25, -0.2) is 9.97 Å². The summed E-state index contributed by atoms with van der Waals surface area (Å²) in [6.45, 7) is 7.07. The number of nitrogens with one attached hydrogen (secondary N) is 1. The van der Waals surface area contributed by atoms with Crippen LogP contribution >= 0.6 is 11.6 Å². The third-order valence-electron chi connectivity index (χ3n) is 9.50. The zero-order valence-electron chi connectivity index (χ0n) is 29.4. The molecule has 0 spiro atoms. The van der Waals surface area contributed by atoms with Gasteiger partial charge in [0.2, 0.25) is 5.82 Å². The molecule has 2 amide bonds. The molecule has 2 aromatic heterocycles. The molecule has 0 saturated carbocycles. The maximum atomic E-state index is 13.3. The van der Waals surface area contributed by atoms with Crippen molar-refractivity contribution in [2.45, 2.75) is 46.1 Å². The Labute approximate surface area is 307 Å². The van der Waals surface area contributed by atoms with Gasteiger partial charge in [0.1, 0.15) is 0 Å². The standard InChI is InChI=1S/C23H24ClN3O3.C16H19N3O3/c1-2-30-23(29)17-11-13-26(14-12-17)22(28)21-25-19-5-3-4-6-20(19)27(21)15-16-7-9-18(24)10-8-16;1-2-22-16(21)11-7-9-19(10-8-11)15(20)14-17-12-5-3-4-6-13(12)18-14/h3-10,17H,2,11-15H2,1H3;3-6,11H,2,7-10H2,1H3,(H,17,18). The zero-order chi connectivity index (χ0) is 36.6. The van der Waals surface area contributed by atoms with Crippen LogP contribution in [-0.4, -0.2) is 92.5 Å². The minimum atomic E-state index is -0.167. The van der Waals surface area contributed by atoms with Crippen LogP contribution in [0.2, 0.25) is 5.02 Å². The lowest BCUT2D eigenvalue weighted by molar-refractivity contribution is -0.150. The average molecular weight is 727 g/mol. The van der Waals surface area contributed by atoms with E-state index in [1.54, 1.807) is 16.7 Å². The summed E-state index contributed by atoms with van der Waals surface area (Å²) in [5, 5.41) is 0.676. The predicted octanol–water partition coefficient (Wildman–Crippen LogP) is 6.13. The van der Waals surface area contributed by atoms with E-state index in [0.29, 0.717) is 88.3 Å². The number of hydrogen-bond acceptors (Lipinski definition) is 8. The van der Waals surface area contributed by atoms with Crippen molar-refractivity contribution in [3.63, 3.8) is 0 Å². The SMILES string of the molecule is CCOC(=O)C1CCN(C(=O)c2nc3ccccc3[nH]2)CC1.CCOC(=O)C1CCN(C(=O)c2nc3ccccc3n2Cc2ccc(Cl)cc2)CC1. The molecule has 4 heterocycles. The van der Waals surface area contributed by atoms with Crippen LogP contribution in [0.1, 0.15) is 66.3 Å². The Kier molecular flexibility index (Phi) is 11.9. The molecule has 13 heteroatoms. The normalized spacial score (nSPS) is 15.3. The number of aromatic amines is 1. The van der Waals surface area contributed by atoms with Gasteiger partial charge in [0.15, 0.2) is 5.82 Å². The molecule has 272 valence electrons. The molecule has 12 nitrogen and oxygen atoms in total. The second-order valence-corrected chi connectivity index (χ2v) is 13.3. The summed E-state index contributed by atoms with van der Waals surface area (Å²) >= 11 is 6.01. The molecule has 0 atom stereocenters. The highest BCUT2D eigenvalue weighted by molar-refractivity contribution is 6.30. The Hall–Kier alpha value is -5.23. The van der Waals surface area contributed by atoms with Gasteiger partial charge < -0.3 is 28.8 Å². The molecular weight excluding hydrogens is 684 g/mol. The maximum absolute atomic E-state index is 13.3. The predicted molar refractivity (Wildman–Crippen MR) is 197 cm³/mol. The summed E-state index contributed by atoms with van der Waals surface area (Å²) in [5.74, 6) is -0.00281. The van der Waals surface area contributed by atoms with Crippen LogP contribution in [0.4, 0.5) is 0 Å². The van der Waals surface area contributed by atoms with Crippen molar-refractivity contribution in [3.8, 4) is 0 Å². The molecule has 0 bridgehead atoms. The number of hydrogen-bond donors (Lipinski definition) is 1. The van der Waals surface area contributed by atoms with E-state index in [2.05, 4.69) is 15.0 Å². The van der Waals surface area contributed by atoms with E-state index in [4.69, 9.17) is 21.1 Å².